The van der Waals surface area contributed by atoms with E-state index in [0.29, 0.717) is 10.8 Å². The highest BCUT2D eigenvalue weighted by Crippen LogP contribution is 2.21. The lowest BCUT2D eigenvalue weighted by atomic mass is 10.0. The van der Waals surface area contributed by atoms with Gasteiger partial charge in [-0.15, -0.1) is 0 Å². The Kier molecular flexibility index (Phi) is 6.17. The Hall–Kier alpha value is -2.63. The lowest BCUT2D eigenvalue weighted by Gasteiger charge is -2.22. The molecule has 1 heterocycles. The summed E-state index contributed by atoms with van der Waals surface area (Å²) in [6, 6.07) is 15.1. The molecule has 144 valence electrons. The topological polar surface area (TPSA) is 71.1 Å². The molecular weight excluding hydrogens is 397 g/mol. The average molecular weight is 416 g/mol. The van der Waals surface area contributed by atoms with E-state index in [1.165, 1.54) is 12.1 Å². The molecular formula is C21H19Cl2N3O2. The molecule has 0 radical (unpaired) electrons. The fourth-order valence-electron chi connectivity index (χ4n) is 2.77. The normalized spacial score (nSPS) is 12.0. The Morgan fingerprint density at radius 1 is 1.00 bits per heavy atom. The molecule has 2 amide bonds. The van der Waals surface area contributed by atoms with E-state index in [4.69, 9.17) is 23.2 Å². The molecule has 2 aromatic carbocycles. The smallest absolute Gasteiger partial charge is 0.253 e. The highest BCUT2D eigenvalue weighted by Gasteiger charge is 2.26. The highest BCUT2D eigenvalue weighted by atomic mass is 35.5. The number of aromatic nitrogens is 1. The van der Waals surface area contributed by atoms with E-state index in [-0.39, 0.29) is 22.4 Å². The number of carbonyl (C=O) groups is 2. The molecule has 1 atom stereocenters. The number of pyridine rings is 1. The third kappa shape index (κ3) is 4.61. The molecule has 7 heteroatoms. The Bertz CT molecular complexity index is 1040. The Balaban J connectivity index is 1.76. The lowest BCUT2D eigenvalue weighted by molar-refractivity contribution is -0.118. The van der Waals surface area contributed by atoms with Crippen LogP contribution in [0.15, 0.2) is 54.6 Å². The summed E-state index contributed by atoms with van der Waals surface area (Å²) in [5, 5.41) is 7.16. The van der Waals surface area contributed by atoms with E-state index in [1.807, 2.05) is 44.2 Å². The third-order valence-electron chi connectivity index (χ3n) is 4.26. The zero-order valence-corrected chi connectivity index (χ0v) is 16.9. The molecule has 0 saturated heterocycles. The zero-order valence-electron chi connectivity index (χ0n) is 15.4. The summed E-state index contributed by atoms with van der Waals surface area (Å²) in [5.74, 6) is -0.512. The summed E-state index contributed by atoms with van der Waals surface area (Å²) in [7, 11) is 0. The van der Waals surface area contributed by atoms with Gasteiger partial charge in [-0.1, -0.05) is 55.2 Å². The van der Waals surface area contributed by atoms with Crippen LogP contribution in [0.1, 0.15) is 24.2 Å². The number of nitrogens with one attached hydrogen (secondary N) is 2. The van der Waals surface area contributed by atoms with Crippen LogP contribution >= 0.6 is 23.2 Å². The summed E-state index contributed by atoms with van der Waals surface area (Å²) in [6.45, 7) is 3.70. The first-order valence-corrected chi connectivity index (χ1v) is 9.53. The monoisotopic (exact) mass is 415 g/mol. The second-order valence-electron chi connectivity index (χ2n) is 6.70. The molecule has 5 nitrogen and oxygen atoms in total. The van der Waals surface area contributed by atoms with Crippen molar-refractivity contribution in [2.24, 2.45) is 5.92 Å². The van der Waals surface area contributed by atoms with Gasteiger partial charge in [0.15, 0.2) is 0 Å². The maximum absolute atomic E-state index is 12.8. The van der Waals surface area contributed by atoms with Crippen LogP contribution in [-0.2, 0) is 4.79 Å². The fraction of sp³-hybridized carbons (Fsp3) is 0.190. The van der Waals surface area contributed by atoms with Crippen molar-refractivity contribution in [3.05, 3.63) is 70.2 Å². The van der Waals surface area contributed by atoms with Crippen LogP contribution in [0.5, 0.6) is 0 Å². The van der Waals surface area contributed by atoms with Crippen LogP contribution in [0.4, 0.5) is 5.82 Å². The second-order valence-corrected chi connectivity index (χ2v) is 7.54. The number of hydrogen-bond acceptors (Lipinski definition) is 3. The molecule has 3 rings (SSSR count). The van der Waals surface area contributed by atoms with Gasteiger partial charge in [0.25, 0.3) is 5.91 Å². The van der Waals surface area contributed by atoms with Gasteiger partial charge in [-0.05, 0) is 42.3 Å². The molecule has 0 unspecified atom stereocenters. The molecule has 0 aliphatic carbocycles. The second kappa shape index (κ2) is 8.59. The molecule has 0 bridgehead atoms. The number of rotatable bonds is 5. The van der Waals surface area contributed by atoms with Gasteiger partial charge < -0.3 is 10.6 Å². The van der Waals surface area contributed by atoms with Gasteiger partial charge in [0.1, 0.15) is 11.9 Å². The van der Waals surface area contributed by atoms with Crippen LogP contribution < -0.4 is 10.6 Å². The van der Waals surface area contributed by atoms with Crippen molar-refractivity contribution in [1.29, 1.82) is 0 Å². The number of fused-ring (bicyclic) bond motifs is 1. The van der Waals surface area contributed by atoms with E-state index in [9.17, 15) is 9.59 Å². The quantitative estimate of drug-likeness (QED) is 0.619. The van der Waals surface area contributed by atoms with Crippen molar-refractivity contribution in [3.63, 3.8) is 0 Å². The summed E-state index contributed by atoms with van der Waals surface area (Å²) >= 11 is 12.0. The van der Waals surface area contributed by atoms with Crippen molar-refractivity contribution in [2.75, 3.05) is 5.32 Å². The van der Waals surface area contributed by atoms with Crippen molar-refractivity contribution in [3.8, 4) is 0 Å². The molecule has 1 aromatic heterocycles. The zero-order chi connectivity index (χ0) is 20.3. The van der Waals surface area contributed by atoms with Gasteiger partial charge in [-0.2, -0.15) is 0 Å². The molecule has 0 spiro atoms. The first-order valence-electron chi connectivity index (χ1n) is 8.77. The van der Waals surface area contributed by atoms with E-state index in [2.05, 4.69) is 15.6 Å². The number of anilines is 1. The molecule has 28 heavy (non-hydrogen) atoms. The van der Waals surface area contributed by atoms with Crippen molar-refractivity contribution < 1.29 is 9.59 Å². The number of para-hydroxylation sites is 1. The van der Waals surface area contributed by atoms with Crippen molar-refractivity contribution in [2.45, 2.75) is 19.9 Å². The summed E-state index contributed by atoms with van der Waals surface area (Å²) in [4.78, 5) is 29.8. The molecule has 0 fully saturated rings. The molecule has 0 aliphatic rings. The van der Waals surface area contributed by atoms with Gasteiger partial charge in [0, 0.05) is 10.4 Å². The first-order chi connectivity index (χ1) is 13.3. The number of carbonyl (C=O) groups excluding carboxylic acids is 2. The van der Waals surface area contributed by atoms with E-state index in [1.54, 1.807) is 12.1 Å². The third-order valence-corrected chi connectivity index (χ3v) is 4.81. The van der Waals surface area contributed by atoms with Crippen LogP contribution in [0.2, 0.25) is 10.0 Å². The number of benzene rings is 2. The van der Waals surface area contributed by atoms with Gasteiger partial charge in [-0.3, -0.25) is 9.59 Å². The van der Waals surface area contributed by atoms with Gasteiger partial charge in [0.05, 0.1) is 16.1 Å². The van der Waals surface area contributed by atoms with E-state index < -0.39 is 11.9 Å². The maximum Gasteiger partial charge on any atom is 0.253 e. The minimum absolute atomic E-state index is 0.143. The minimum atomic E-state index is -0.757. The van der Waals surface area contributed by atoms with Gasteiger partial charge in [0.2, 0.25) is 5.91 Å². The SMILES string of the molecule is CC(C)[C@@H](NC(=O)c1ccc(Cl)cc1Cl)C(=O)Nc1ccc2ccccc2n1. The predicted molar refractivity (Wildman–Crippen MR) is 113 cm³/mol. The minimum Gasteiger partial charge on any atom is -0.340 e. The van der Waals surface area contributed by atoms with E-state index >= 15 is 0 Å². The number of halogens is 2. The first kappa shape index (κ1) is 20.1. The summed E-state index contributed by atoms with van der Waals surface area (Å²) in [6.07, 6.45) is 0. The predicted octanol–water partition coefficient (Wildman–Crippen LogP) is 4.93. The van der Waals surface area contributed by atoms with Crippen LogP contribution in [-0.4, -0.2) is 22.8 Å². The van der Waals surface area contributed by atoms with Crippen LogP contribution in [0.25, 0.3) is 10.9 Å². The fourth-order valence-corrected chi connectivity index (χ4v) is 3.26. The highest BCUT2D eigenvalue weighted by molar-refractivity contribution is 6.36. The Morgan fingerprint density at radius 3 is 2.46 bits per heavy atom. The number of nitrogens with zero attached hydrogens (tertiary/aromatic N) is 1. The van der Waals surface area contributed by atoms with Crippen molar-refractivity contribution in [1.82, 2.24) is 10.3 Å². The van der Waals surface area contributed by atoms with Gasteiger partial charge in [-0.25, -0.2) is 4.98 Å². The van der Waals surface area contributed by atoms with Crippen LogP contribution in [0, 0.1) is 5.92 Å². The van der Waals surface area contributed by atoms with E-state index in [0.717, 1.165) is 10.9 Å². The van der Waals surface area contributed by atoms with Crippen molar-refractivity contribution >= 4 is 51.7 Å². The maximum atomic E-state index is 12.8. The van der Waals surface area contributed by atoms with Gasteiger partial charge >= 0.3 is 0 Å². The largest absolute Gasteiger partial charge is 0.340 e. The summed E-state index contributed by atoms with van der Waals surface area (Å²) in [5.41, 5.74) is 1.03. The standard InChI is InChI=1S/C21H19Cl2N3O2/c1-12(2)19(26-20(27)15-9-8-14(22)11-16(15)23)21(28)25-18-10-7-13-5-3-4-6-17(13)24-18/h3-12,19H,1-2H3,(H,26,27)(H,24,25,28)/t19-/m1/s1. The Labute approximate surface area is 173 Å². The molecule has 3 aromatic rings. The average Bonchev–Trinajstić information content (AvgIpc) is 2.65. The van der Waals surface area contributed by atoms with Crippen LogP contribution in [0.3, 0.4) is 0 Å². The lowest BCUT2D eigenvalue weighted by Crippen LogP contribution is -2.47. The number of amides is 2. The Morgan fingerprint density at radius 2 is 1.75 bits per heavy atom. The molecule has 0 aliphatic heterocycles. The summed E-state index contributed by atoms with van der Waals surface area (Å²) < 4.78 is 0. The molecule has 0 saturated carbocycles. The number of hydrogen-bond donors (Lipinski definition) is 2. The molecule has 2 N–H and O–H groups in total.